The molecule has 218 valence electrons. The number of aryl methyl sites for hydroxylation is 1. The zero-order chi connectivity index (χ0) is 29.4. The number of nitrogens with one attached hydrogen (secondary N) is 1. The Kier molecular flexibility index (Phi) is 9.38. The minimum absolute atomic E-state index is 0.00159. The highest BCUT2D eigenvalue weighted by Gasteiger charge is 2.42. The van der Waals surface area contributed by atoms with Crippen molar-refractivity contribution in [3.8, 4) is 5.69 Å². The van der Waals surface area contributed by atoms with E-state index in [1.807, 2.05) is 42.5 Å². The third-order valence-electron chi connectivity index (χ3n) is 8.32. The number of aromatic nitrogens is 4. The molecule has 1 aliphatic carbocycles. The van der Waals surface area contributed by atoms with E-state index in [2.05, 4.69) is 55.7 Å². The largest absolute Gasteiger partial charge is 0.476 e. The quantitative estimate of drug-likeness (QED) is 0.321. The highest BCUT2D eigenvalue weighted by atomic mass is 16.4. The van der Waals surface area contributed by atoms with E-state index < -0.39 is 5.97 Å². The van der Waals surface area contributed by atoms with Crippen molar-refractivity contribution in [2.45, 2.75) is 63.5 Å². The number of benzene rings is 2. The number of likely N-dealkylation sites (tertiary alicyclic amines) is 1. The normalized spacial score (nSPS) is 20.6. The van der Waals surface area contributed by atoms with Crippen molar-refractivity contribution in [1.82, 2.24) is 30.2 Å². The number of para-hydroxylation sites is 1. The lowest BCUT2D eigenvalue weighted by molar-refractivity contribution is 0.0227. The first-order valence-corrected chi connectivity index (χ1v) is 14.7. The van der Waals surface area contributed by atoms with Gasteiger partial charge in [-0.1, -0.05) is 55.0 Å². The molecule has 1 saturated carbocycles. The fourth-order valence-corrected chi connectivity index (χ4v) is 6.12. The van der Waals surface area contributed by atoms with Gasteiger partial charge in [-0.05, 0) is 88.4 Å². The molecular formula is C33H38N6O3. The summed E-state index contributed by atoms with van der Waals surface area (Å²) in [4.78, 5) is 31.3. The topological polar surface area (TPSA) is 113 Å². The summed E-state index contributed by atoms with van der Waals surface area (Å²) < 4.78 is 0. The minimum Gasteiger partial charge on any atom is -0.476 e. The van der Waals surface area contributed by atoms with Crippen LogP contribution in [0.4, 0.5) is 0 Å². The fraction of sp³-hybridized carbons (Fsp3) is 0.364. The number of carbonyl (C=O) groups excluding carboxylic acids is 1. The summed E-state index contributed by atoms with van der Waals surface area (Å²) in [6.07, 6.45) is 11.6. The standard InChI is InChI=1S/C23H29N3O.C10H9N3O2/c27-22(19-8-7-15-24-18-19)25-21-11-13-23(14-12-21,20-9-3-1-4-10-20)26-16-5-2-6-17-26;1-7-9(10(14)15)12-13(11-7)8-5-3-2-4-6-8/h1,3-4,7-10,15,18,21H,2,5-6,11-14,16-17H2,(H,25,27);2-6H,1H3,(H,14,15). The van der Waals surface area contributed by atoms with Crippen LogP contribution in [0.25, 0.3) is 5.69 Å². The summed E-state index contributed by atoms with van der Waals surface area (Å²) >= 11 is 0. The Balaban J connectivity index is 0.000000199. The van der Waals surface area contributed by atoms with Crippen LogP contribution in [-0.2, 0) is 5.54 Å². The average molecular weight is 567 g/mol. The number of carbonyl (C=O) groups is 2. The molecule has 4 aromatic rings. The lowest BCUT2D eigenvalue weighted by Gasteiger charge is -2.50. The summed E-state index contributed by atoms with van der Waals surface area (Å²) in [5, 5.41) is 20.0. The molecule has 0 spiro atoms. The number of piperidine rings is 1. The molecule has 9 nitrogen and oxygen atoms in total. The Morgan fingerprint density at radius 2 is 1.55 bits per heavy atom. The Morgan fingerprint density at radius 3 is 2.14 bits per heavy atom. The number of hydrogen-bond acceptors (Lipinski definition) is 6. The van der Waals surface area contributed by atoms with Gasteiger partial charge in [0, 0.05) is 24.0 Å². The van der Waals surface area contributed by atoms with Gasteiger partial charge in [-0.3, -0.25) is 14.7 Å². The summed E-state index contributed by atoms with van der Waals surface area (Å²) in [6.45, 7) is 4.01. The van der Waals surface area contributed by atoms with E-state index in [0.717, 1.165) is 31.4 Å². The molecule has 2 N–H and O–H groups in total. The minimum atomic E-state index is -1.06. The number of aromatic carboxylic acids is 1. The first-order valence-electron chi connectivity index (χ1n) is 14.7. The number of carboxylic acid groups (broad SMARTS) is 1. The highest BCUT2D eigenvalue weighted by molar-refractivity contribution is 5.94. The molecule has 2 aliphatic rings. The fourth-order valence-electron chi connectivity index (χ4n) is 6.12. The van der Waals surface area contributed by atoms with Crippen molar-refractivity contribution in [2.24, 2.45) is 0 Å². The van der Waals surface area contributed by atoms with Gasteiger partial charge in [-0.25, -0.2) is 4.79 Å². The highest BCUT2D eigenvalue weighted by Crippen LogP contribution is 2.43. The molecule has 0 atom stereocenters. The lowest BCUT2D eigenvalue weighted by Crippen LogP contribution is -2.53. The Morgan fingerprint density at radius 1 is 0.881 bits per heavy atom. The number of amides is 1. The first kappa shape index (κ1) is 29.1. The van der Waals surface area contributed by atoms with Crippen molar-refractivity contribution < 1.29 is 14.7 Å². The second-order valence-corrected chi connectivity index (χ2v) is 11.0. The maximum absolute atomic E-state index is 12.5. The van der Waals surface area contributed by atoms with Crippen LogP contribution in [0, 0.1) is 6.92 Å². The summed E-state index contributed by atoms with van der Waals surface area (Å²) in [7, 11) is 0. The molecule has 6 rings (SSSR count). The predicted molar refractivity (Wildman–Crippen MR) is 161 cm³/mol. The molecule has 0 bridgehead atoms. The van der Waals surface area contributed by atoms with E-state index >= 15 is 0 Å². The molecule has 9 heteroatoms. The second-order valence-electron chi connectivity index (χ2n) is 11.0. The molecular weight excluding hydrogens is 528 g/mol. The van der Waals surface area contributed by atoms with Gasteiger partial charge in [0.1, 0.15) is 0 Å². The van der Waals surface area contributed by atoms with E-state index in [0.29, 0.717) is 11.3 Å². The third-order valence-corrected chi connectivity index (χ3v) is 8.32. The Labute approximate surface area is 246 Å². The average Bonchev–Trinajstić information content (AvgIpc) is 3.45. The van der Waals surface area contributed by atoms with Gasteiger partial charge in [0.15, 0.2) is 5.69 Å². The number of hydrogen-bond donors (Lipinski definition) is 2. The van der Waals surface area contributed by atoms with Crippen LogP contribution in [0.5, 0.6) is 0 Å². The molecule has 42 heavy (non-hydrogen) atoms. The summed E-state index contributed by atoms with van der Waals surface area (Å²) in [6, 6.07) is 24.1. The molecule has 3 heterocycles. The van der Waals surface area contributed by atoms with Gasteiger partial charge in [0.2, 0.25) is 0 Å². The zero-order valence-corrected chi connectivity index (χ0v) is 24.0. The van der Waals surface area contributed by atoms with E-state index in [9.17, 15) is 9.59 Å². The summed E-state index contributed by atoms with van der Waals surface area (Å²) in [5.41, 5.74) is 3.37. The van der Waals surface area contributed by atoms with Crippen LogP contribution in [-0.4, -0.2) is 61.0 Å². The number of carboxylic acids is 1. The maximum Gasteiger partial charge on any atom is 0.358 e. The maximum atomic E-state index is 12.5. The van der Waals surface area contributed by atoms with Crippen LogP contribution < -0.4 is 5.32 Å². The van der Waals surface area contributed by atoms with Crippen molar-refractivity contribution in [3.05, 3.63) is 108 Å². The Hall–Kier alpha value is -4.37. The van der Waals surface area contributed by atoms with Gasteiger partial charge in [-0.15, -0.1) is 5.10 Å². The second kappa shape index (κ2) is 13.5. The SMILES string of the molecule is Cc1nn(-c2ccccc2)nc1C(=O)O.O=C(NC1CCC(c2ccccc2)(N2CCCCC2)CC1)c1cccnc1. The Bertz CT molecular complexity index is 1450. The van der Waals surface area contributed by atoms with Crippen LogP contribution >= 0.6 is 0 Å². The number of pyridine rings is 1. The van der Waals surface area contributed by atoms with Gasteiger partial charge < -0.3 is 10.4 Å². The molecule has 0 unspecified atom stereocenters. The molecule has 1 amide bonds. The monoisotopic (exact) mass is 566 g/mol. The molecule has 2 aromatic heterocycles. The predicted octanol–water partition coefficient (Wildman–Crippen LogP) is 5.41. The van der Waals surface area contributed by atoms with Crippen LogP contribution in [0.2, 0.25) is 0 Å². The van der Waals surface area contributed by atoms with Crippen LogP contribution in [0.1, 0.15) is 77.0 Å². The summed E-state index contributed by atoms with van der Waals surface area (Å²) in [5.74, 6) is -1.06. The van der Waals surface area contributed by atoms with Crippen LogP contribution in [0.15, 0.2) is 85.2 Å². The molecule has 1 aliphatic heterocycles. The van der Waals surface area contributed by atoms with Gasteiger partial charge in [-0.2, -0.15) is 9.90 Å². The van der Waals surface area contributed by atoms with E-state index in [-0.39, 0.29) is 23.2 Å². The zero-order valence-electron chi connectivity index (χ0n) is 24.0. The van der Waals surface area contributed by atoms with Gasteiger partial charge >= 0.3 is 5.97 Å². The molecule has 2 fully saturated rings. The third kappa shape index (κ3) is 6.74. The van der Waals surface area contributed by atoms with Crippen LogP contribution in [0.3, 0.4) is 0 Å². The van der Waals surface area contributed by atoms with Crippen molar-refractivity contribution in [1.29, 1.82) is 0 Å². The number of nitrogens with zero attached hydrogens (tertiary/aromatic N) is 5. The molecule has 0 radical (unpaired) electrons. The van der Waals surface area contributed by atoms with E-state index in [1.165, 1.54) is 42.7 Å². The van der Waals surface area contributed by atoms with Gasteiger partial charge in [0.25, 0.3) is 5.91 Å². The molecule has 1 saturated heterocycles. The first-order chi connectivity index (χ1) is 20.5. The van der Waals surface area contributed by atoms with E-state index in [4.69, 9.17) is 5.11 Å². The smallest absolute Gasteiger partial charge is 0.358 e. The van der Waals surface area contributed by atoms with Crippen molar-refractivity contribution in [3.63, 3.8) is 0 Å². The van der Waals surface area contributed by atoms with Crippen molar-refractivity contribution in [2.75, 3.05) is 13.1 Å². The number of rotatable bonds is 6. The van der Waals surface area contributed by atoms with Gasteiger partial charge in [0.05, 0.1) is 16.9 Å². The van der Waals surface area contributed by atoms with E-state index in [1.54, 1.807) is 19.3 Å². The van der Waals surface area contributed by atoms with Crippen molar-refractivity contribution >= 4 is 11.9 Å². The lowest BCUT2D eigenvalue weighted by atomic mass is 9.73. The molecule has 2 aromatic carbocycles.